The van der Waals surface area contributed by atoms with Crippen LogP contribution in [-0.2, 0) is 11.2 Å². The van der Waals surface area contributed by atoms with Crippen LogP contribution in [0.1, 0.15) is 25.8 Å². The first-order chi connectivity index (χ1) is 12.4. The molecule has 1 aromatic rings. The number of hydrogen-bond acceptors (Lipinski definition) is 5. The molecule has 0 saturated heterocycles. The largest absolute Gasteiger partial charge is 0.496 e. The number of hydrogen-bond donors (Lipinski definition) is 2. The van der Waals surface area contributed by atoms with Crippen LogP contribution in [0.3, 0.4) is 0 Å². The van der Waals surface area contributed by atoms with E-state index in [1.165, 1.54) is 0 Å². The van der Waals surface area contributed by atoms with Crippen molar-refractivity contribution in [2.75, 3.05) is 27.3 Å². The Labute approximate surface area is 155 Å². The molecule has 0 aliphatic rings. The summed E-state index contributed by atoms with van der Waals surface area (Å²) in [6.45, 7) is 8.63. The van der Waals surface area contributed by atoms with Gasteiger partial charge < -0.3 is 20.1 Å². The van der Waals surface area contributed by atoms with Crippen molar-refractivity contribution < 1.29 is 14.6 Å². The highest BCUT2D eigenvalue weighted by Crippen LogP contribution is 2.20. The van der Waals surface area contributed by atoms with Crippen LogP contribution in [-0.4, -0.2) is 49.4 Å². The van der Waals surface area contributed by atoms with Crippen molar-refractivity contribution in [2.45, 2.75) is 26.7 Å². The summed E-state index contributed by atoms with van der Waals surface area (Å²) < 4.78 is 5.37. The summed E-state index contributed by atoms with van der Waals surface area (Å²) in [5.74, 6) is 1.27. The van der Waals surface area contributed by atoms with Crippen molar-refractivity contribution in [3.8, 4) is 5.75 Å². The number of likely N-dealkylation sites (N-methyl/N-ethyl adjacent to an activating group) is 1. The molecule has 1 aromatic carbocycles. The minimum atomic E-state index is 0.121. The predicted octanol–water partition coefficient (Wildman–Crippen LogP) is 2.50. The van der Waals surface area contributed by atoms with Crippen molar-refractivity contribution in [1.82, 2.24) is 10.2 Å². The number of amides is 1. The van der Waals surface area contributed by atoms with E-state index < -0.39 is 0 Å². The van der Waals surface area contributed by atoms with Gasteiger partial charge in [-0.05, 0) is 31.9 Å². The zero-order valence-corrected chi connectivity index (χ0v) is 16.1. The Bertz CT molecular complexity index is 681. The molecule has 0 bridgehead atoms. The van der Waals surface area contributed by atoms with Gasteiger partial charge in [0.2, 0.25) is 6.41 Å². The first-order valence-electron chi connectivity index (χ1n) is 8.53. The Morgan fingerprint density at radius 1 is 1.38 bits per heavy atom. The summed E-state index contributed by atoms with van der Waals surface area (Å²) in [7, 11) is 3.53. The first-order valence-corrected chi connectivity index (χ1v) is 8.53. The van der Waals surface area contributed by atoms with Crippen molar-refractivity contribution in [3.05, 3.63) is 53.5 Å². The standard InChI is InChI=1S/C20H29N3O3/c1-15(13-18-9-6-7-10-19(18)26-5)22-20(21-14-25)16(2)17(3)23(4)11-8-12-24/h6-7,9-10,14,24H,3,8,11-13H2,1-2,4-5H3,(H,21,25)/b20-16+,22-15?. The highest BCUT2D eigenvalue weighted by atomic mass is 16.5. The minimum absolute atomic E-state index is 0.121. The number of aliphatic imine (C=N–C) groups is 1. The molecular formula is C20H29N3O3. The molecule has 6 nitrogen and oxygen atoms in total. The summed E-state index contributed by atoms with van der Waals surface area (Å²) in [5, 5.41) is 11.6. The van der Waals surface area contributed by atoms with Crippen molar-refractivity contribution in [1.29, 1.82) is 0 Å². The number of nitrogens with zero attached hydrogens (tertiary/aromatic N) is 2. The predicted molar refractivity (Wildman–Crippen MR) is 105 cm³/mol. The number of carbonyl (C=O) groups is 1. The van der Waals surface area contributed by atoms with Crippen LogP contribution in [0, 0.1) is 0 Å². The number of aliphatic hydroxyl groups excluding tert-OH is 1. The van der Waals surface area contributed by atoms with Gasteiger partial charge in [-0.2, -0.15) is 0 Å². The van der Waals surface area contributed by atoms with Crippen LogP contribution in [0.2, 0.25) is 0 Å². The second-order valence-corrected chi connectivity index (χ2v) is 6.02. The zero-order chi connectivity index (χ0) is 19.5. The molecule has 0 aliphatic heterocycles. The van der Waals surface area contributed by atoms with Gasteiger partial charge in [0.1, 0.15) is 11.6 Å². The highest BCUT2D eigenvalue weighted by Gasteiger charge is 2.10. The van der Waals surface area contributed by atoms with Gasteiger partial charge in [-0.3, -0.25) is 4.79 Å². The average Bonchev–Trinajstić information content (AvgIpc) is 2.64. The second-order valence-electron chi connectivity index (χ2n) is 6.02. The normalized spacial score (nSPS) is 12.3. The lowest BCUT2D eigenvalue weighted by Gasteiger charge is -2.23. The maximum absolute atomic E-state index is 11.0. The summed E-state index contributed by atoms with van der Waals surface area (Å²) >= 11 is 0. The summed E-state index contributed by atoms with van der Waals surface area (Å²) in [5.41, 5.74) is 3.39. The third-order valence-corrected chi connectivity index (χ3v) is 4.04. The van der Waals surface area contributed by atoms with Crippen LogP contribution in [0.4, 0.5) is 0 Å². The third-order valence-electron chi connectivity index (χ3n) is 4.04. The van der Waals surface area contributed by atoms with Crippen LogP contribution >= 0.6 is 0 Å². The lowest BCUT2D eigenvalue weighted by Crippen LogP contribution is -2.22. The van der Waals surface area contributed by atoms with Gasteiger partial charge >= 0.3 is 0 Å². The number of ether oxygens (including phenoxy) is 1. The van der Waals surface area contributed by atoms with Gasteiger partial charge in [0.15, 0.2) is 0 Å². The van der Waals surface area contributed by atoms with Gasteiger partial charge in [-0.15, -0.1) is 0 Å². The Balaban J connectivity index is 3.05. The SMILES string of the molecule is C=C(/C(C)=C(/N=C(C)Cc1ccccc1OC)NC=O)N(C)CCCO. The van der Waals surface area contributed by atoms with Gasteiger partial charge in [-0.1, -0.05) is 24.8 Å². The zero-order valence-electron chi connectivity index (χ0n) is 16.1. The smallest absolute Gasteiger partial charge is 0.212 e. The number of methoxy groups -OCH3 is 1. The molecule has 6 heteroatoms. The molecule has 0 atom stereocenters. The molecule has 0 saturated carbocycles. The monoisotopic (exact) mass is 359 g/mol. The van der Waals surface area contributed by atoms with Crippen molar-refractivity contribution in [3.63, 3.8) is 0 Å². The number of nitrogens with one attached hydrogen (secondary N) is 1. The van der Waals surface area contributed by atoms with E-state index in [0.717, 1.165) is 28.3 Å². The molecule has 26 heavy (non-hydrogen) atoms. The Kier molecular flexibility index (Phi) is 9.15. The highest BCUT2D eigenvalue weighted by molar-refractivity contribution is 5.86. The van der Waals surface area contributed by atoms with Crippen LogP contribution in [0.15, 0.2) is 52.9 Å². The average molecular weight is 359 g/mol. The van der Waals surface area contributed by atoms with E-state index in [4.69, 9.17) is 9.84 Å². The van der Waals surface area contributed by atoms with Gasteiger partial charge in [0.05, 0.1) is 7.11 Å². The molecule has 0 aliphatic carbocycles. The van der Waals surface area contributed by atoms with E-state index in [9.17, 15) is 4.79 Å². The molecule has 142 valence electrons. The Morgan fingerprint density at radius 3 is 2.69 bits per heavy atom. The van der Waals surface area contributed by atoms with E-state index in [1.807, 2.05) is 50.1 Å². The molecule has 0 radical (unpaired) electrons. The number of rotatable bonds is 11. The Morgan fingerprint density at radius 2 is 2.08 bits per heavy atom. The molecule has 1 rings (SSSR count). The maximum Gasteiger partial charge on any atom is 0.212 e. The number of carbonyl (C=O) groups excluding carboxylic acids is 1. The number of benzene rings is 1. The molecular weight excluding hydrogens is 330 g/mol. The van der Waals surface area contributed by atoms with E-state index in [-0.39, 0.29) is 6.61 Å². The van der Waals surface area contributed by atoms with E-state index in [2.05, 4.69) is 16.9 Å². The minimum Gasteiger partial charge on any atom is -0.496 e. The third kappa shape index (κ3) is 6.37. The molecule has 2 N–H and O–H groups in total. The molecule has 0 fully saturated rings. The lowest BCUT2D eigenvalue weighted by molar-refractivity contribution is -0.108. The van der Waals surface area contributed by atoms with Gasteiger partial charge in [0.25, 0.3) is 0 Å². The number of allylic oxidation sites excluding steroid dienone is 1. The molecule has 0 unspecified atom stereocenters. The number of para-hydroxylation sites is 1. The molecule has 1 amide bonds. The van der Waals surface area contributed by atoms with Crippen molar-refractivity contribution >= 4 is 12.1 Å². The molecule has 0 spiro atoms. The fraction of sp³-hybridized carbons (Fsp3) is 0.400. The number of aliphatic hydroxyl groups is 1. The molecule has 0 aromatic heterocycles. The van der Waals surface area contributed by atoms with E-state index in [0.29, 0.717) is 31.6 Å². The van der Waals surface area contributed by atoms with E-state index in [1.54, 1.807) is 7.11 Å². The van der Waals surface area contributed by atoms with Gasteiger partial charge in [-0.25, -0.2) is 4.99 Å². The van der Waals surface area contributed by atoms with Crippen LogP contribution < -0.4 is 10.1 Å². The van der Waals surface area contributed by atoms with Crippen molar-refractivity contribution in [2.24, 2.45) is 4.99 Å². The van der Waals surface area contributed by atoms with Gasteiger partial charge in [0, 0.05) is 43.6 Å². The first kappa shape index (κ1) is 21.4. The summed E-state index contributed by atoms with van der Waals surface area (Å²) in [4.78, 5) is 17.5. The van der Waals surface area contributed by atoms with E-state index >= 15 is 0 Å². The second kappa shape index (κ2) is 11.1. The fourth-order valence-electron chi connectivity index (χ4n) is 2.50. The molecule has 0 heterocycles. The fourth-order valence-corrected chi connectivity index (χ4v) is 2.50. The van der Waals surface area contributed by atoms with Crippen LogP contribution in [0.5, 0.6) is 5.75 Å². The van der Waals surface area contributed by atoms with Crippen LogP contribution in [0.25, 0.3) is 0 Å². The summed E-state index contributed by atoms with van der Waals surface area (Å²) in [6.07, 6.45) is 1.86. The Hall–Kier alpha value is -2.60. The quantitative estimate of drug-likeness (QED) is 0.362. The lowest BCUT2D eigenvalue weighted by atomic mass is 10.1. The maximum atomic E-state index is 11.0. The summed E-state index contributed by atoms with van der Waals surface area (Å²) in [6, 6.07) is 7.77. The topological polar surface area (TPSA) is 74.2 Å².